The second-order valence-electron chi connectivity index (χ2n) is 7.42. The molecule has 9 nitrogen and oxygen atoms in total. The Balaban J connectivity index is 1.43. The van der Waals surface area contributed by atoms with Gasteiger partial charge in [-0.3, -0.25) is 14.3 Å². The molecule has 2 aliphatic heterocycles. The fourth-order valence-electron chi connectivity index (χ4n) is 3.90. The Morgan fingerprint density at radius 1 is 1.03 bits per heavy atom. The van der Waals surface area contributed by atoms with E-state index in [4.69, 9.17) is 0 Å². The van der Waals surface area contributed by atoms with Crippen LogP contribution in [0.25, 0.3) is 11.4 Å². The summed E-state index contributed by atoms with van der Waals surface area (Å²) in [5, 5.41) is 9.00. The number of rotatable bonds is 2. The lowest BCUT2D eigenvalue weighted by atomic mass is 10.2. The van der Waals surface area contributed by atoms with Crippen LogP contribution in [0.5, 0.6) is 0 Å². The third-order valence-electron chi connectivity index (χ3n) is 5.60. The summed E-state index contributed by atoms with van der Waals surface area (Å²) in [5.41, 5.74) is 1.71. The molecule has 5 rings (SSSR count). The summed E-state index contributed by atoms with van der Waals surface area (Å²) in [4.78, 5) is 33.6. The number of likely N-dealkylation sites (N-methyl/N-ethyl adjacent to an activating group) is 1. The van der Waals surface area contributed by atoms with Crippen molar-refractivity contribution in [3.63, 3.8) is 0 Å². The molecule has 2 aromatic heterocycles. The number of benzene rings is 1. The van der Waals surface area contributed by atoms with E-state index in [1.54, 1.807) is 27.6 Å². The maximum atomic E-state index is 13.2. The zero-order valence-electron chi connectivity index (χ0n) is 16.3. The molecule has 1 atom stereocenters. The van der Waals surface area contributed by atoms with Gasteiger partial charge in [-0.1, -0.05) is 30.3 Å². The summed E-state index contributed by atoms with van der Waals surface area (Å²) in [6.45, 7) is 4.21. The Labute approximate surface area is 167 Å². The van der Waals surface area contributed by atoms with Crippen LogP contribution in [0.4, 0.5) is 0 Å². The fraction of sp³-hybridized carbons (Fsp3) is 0.350. The number of carbonyl (C=O) groups is 2. The van der Waals surface area contributed by atoms with Crippen LogP contribution in [-0.2, 0) is 13.1 Å². The first-order valence-electron chi connectivity index (χ1n) is 9.67. The SMILES string of the molecule is C[C@H]1c2nc(-c3ccccc3)nn2CCN1C(=O)c1cc2n(n1)CCN(C)C2=O. The van der Waals surface area contributed by atoms with Crippen LogP contribution in [0, 0.1) is 0 Å². The van der Waals surface area contributed by atoms with Gasteiger partial charge in [0.15, 0.2) is 11.5 Å². The highest BCUT2D eigenvalue weighted by Gasteiger charge is 2.34. The molecule has 1 aromatic carbocycles. The molecular weight excluding hydrogens is 370 g/mol. The molecule has 0 fully saturated rings. The summed E-state index contributed by atoms with van der Waals surface area (Å²) in [5.74, 6) is 1.11. The summed E-state index contributed by atoms with van der Waals surface area (Å²) < 4.78 is 3.49. The number of carbonyl (C=O) groups excluding carboxylic acids is 2. The number of hydrogen-bond acceptors (Lipinski definition) is 5. The van der Waals surface area contributed by atoms with Crippen LogP contribution in [0.2, 0.25) is 0 Å². The molecule has 0 N–H and O–H groups in total. The largest absolute Gasteiger partial charge is 0.339 e. The zero-order chi connectivity index (χ0) is 20.1. The fourth-order valence-corrected chi connectivity index (χ4v) is 3.90. The van der Waals surface area contributed by atoms with Gasteiger partial charge < -0.3 is 9.80 Å². The van der Waals surface area contributed by atoms with Crippen molar-refractivity contribution in [2.45, 2.75) is 26.1 Å². The maximum Gasteiger partial charge on any atom is 0.275 e. The topological polar surface area (TPSA) is 89.2 Å². The van der Waals surface area contributed by atoms with E-state index >= 15 is 0 Å². The molecular formula is C20H21N7O2. The lowest BCUT2D eigenvalue weighted by molar-refractivity contribution is 0.0622. The smallest absolute Gasteiger partial charge is 0.275 e. The summed E-state index contributed by atoms with van der Waals surface area (Å²) in [6, 6.07) is 11.2. The molecule has 148 valence electrons. The van der Waals surface area contributed by atoms with E-state index in [2.05, 4.69) is 15.2 Å². The first kappa shape index (κ1) is 17.6. The van der Waals surface area contributed by atoms with Gasteiger partial charge in [-0.05, 0) is 6.92 Å². The highest BCUT2D eigenvalue weighted by molar-refractivity contribution is 5.98. The molecule has 9 heteroatoms. The van der Waals surface area contributed by atoms with Crippen molar-refractivity contribution in [3.8, 4) is 11.4 Å². The predicted molar refractivity (Wildman–Crippen MR) is 104 cm³/mol. The van der Waals surface area contributed by atoms with Crippen molar-refractivity contribution in [1.82, 2.24) is 34.3 Å². The van der Waals surface area contributed by atoms with Gasteiger partial charge in [-0.15, -0.1) is 0 Å². The summed E-state index contributed by atoms with van der Waals surface area (Å²) in [6.07, 6.45) is 0. The molecule has 0 radical (unpaired) electrons. The zero-order valence-corrected chi connectivity index (χ0v) is 16.3. The Kier molecular flexibility index (Phi) is 3.97. The quantitative estimate of drug-likeness (QED) is 0.660. The molecule has 0 aliphatic carbocycles. The standard InChI is InChI=1S/C20H21N7O2/c1-13-18-21-17(14-6-4-3-5-7-14)23-27(18)11-9-25(13)19(28)15-12-16-20(29)24(2)8-10-26(16)22-15/h3-7,12-13H,8-11H2,1-2H3/t13-/m0/s1. The number of aromatic nitrogens is 5. The van der Waals surface area contributed by atoms with Crippen molar-refractivity contribution in [1.29, 1.82) is 0 Å². The molecule has 3 aromatic rings. The minimum Gasteiger partial charge on any atom is -0.339 e. The Morgan fingerprint density at radius 2 is 1.79 bits per heavy atom. The highest BCUT2D eigenvalue weighted by atomic mass is 16.2. The Morgan fingerprint density at radius 3 is 2.59 bits per heavy atom. The van der Waals surface area contributed by atoms with E-state index in [0.29, 0.717) is 43.4 Å². The molecule has 0 spiro atoms. The lowest BCUT2D eigenvalue weighted by Crippen LogP contribution is -2.41. The van der Waals surface area contributed by atoms with E-state index in [1.807, 2.05) is 41.9 Å². The Hall–Kier alpha value is -3.49. The predicted octanol–water partition coefficient (Wildman–Crippen LogP) is 1.44. The van der Waals surface area contributed by atoms with Gasteiger partial charge in [0.1, 0.15) is 11.5 Å². The van der Waals surface area contributed by atoms with Gasteiger partial charge in [0.05, 0.1) is 19.1 Å². The third-order valence-corrected chi connectivity index (χ3v) is 5.60. The lowest BCUT2D eigenvalue weighted by Gasteiger charge is -2.32. The average Bonchev–Trinajstić information content (AvgIpc) is 3.37. The van der Waals surface area contributed by atoms with Gasteiger partial charge in [0.25, 0.3) is 11.8 Å². The van der Waals surface area contributed by atoms with Crippen molar-refractivity contribution in [3.05, 3.63) is 53.6 Å². The van der Waals surface area contributed by atoms with Crippen molar-refractivity contribution in [2.24, 2.45) is 0 Å². The first-order chi connectivity index (χ1) is 14.0. The molecule has 2 amide bonds. The van der Waals surface area contributed by atoms with Crippen LogP contribution >= 0.6 is 0 Å². The first-order valence-corrected chi connectivity index (χ1v) is 9.67. The second-order valence-corrected chi connectivity index (χ2v) is 7.42. The molecule has 0 saturated carbocycles. The minimum absolute atomic E-state index is 0.110. The van der Waals surface area contributed by atoms with E-state index < -0.39 is 0 Å². The van der Waals surface area contributed by atoms with Crippen LogP contribution in [0.1, 0.15) is 39.8 Å². The van der Waals surface area contributed by atoms with Gasteiger partial charge in [0.2, 0.25) is 0 Å². The Bertz CT molecular complexity index is 1100. The number of hydrogen-bond donors (Lipinski definition) is 0. The number of nitrogens with zero attached hydrogens (tertiary/aromatic N) is 7. The van der Waals surface area contributed by atoms with Crippen LogP contribution in [0.15, 0.2) is 36.4 Å². The van der Waals surface area contributed by atoms with Gasteiger partial charge in [0, 0.05) is 31.8 Å². The number of fused-ring (bicyclic) bond motifs is 2. The molecule has 0 saturated heterocycles. The molecule has 29 heavy (non-hydrogen) atoms. The summed E-state index contributed by atoms with van der Waals surface area (Å²) >= 11 is 0. The average molecular weight is 391 g/mol. The van der Waals surface area contributed by atoms with Crippen LogP contribution in [0.3, 0.4) is 0 Å². The van der Waals surface area contributed by atoms with E-state index in [1.165, 1.54) is 0 Å². The van der Waals surface area contributed by atoms with Crippen molar-refractivity contribution < 1.29 is 9.59 Å². The van der Waals surface area contributed by atoms with Crippen LogP contribution in [-0.4, -0.2) is 66.3 Å². The van der Waals surface area contributed by atoms with Gasteiger partial charge >= 0.3 is 0 Å². The second kappa shape index (κ2) is 6.54. The van der Waals surface area contributed by atoms with E-state index in [9.17, 15) is 9.59 Å². The van der Waals surface area contributed by atoms with Crippen molar-refractivity contribution in [2.75, 3.05) is 20.1 Å². The van der Waals surface area contributed by atoms with Gasteiger partial charge in [-0.2, -0.15) is 10.2 Å². The van der Waals surface area contributed by atoms with Crippen LogP contribution < -0.4 is 0 Å². The monoisotopic (exact) mass is 391 g/mol. The van der Waals surface area contributed by atoms with Gasteiger partial charge in [-0.25, -0.2) is 9.67 Å². The molecule has 0 bridgehead atoms. The minimum atomic E-state index is -0.238. The normalized spacial score (nSPS) is 18.6. The molecule has 0 unspecified atom stereocenters. The maximum absolute atomic E-state index is 13.2. The van der Waals surface area contributed by atoms with E-state index in [0.717, 1.165) is 11.4 Å². The summed E-state index contributed by atoms with van der Waals surface area (Å²) in [7, 11) is 1.75. The van der Waals surface area contributed by atoms with Crippen molar-refractivity contribution >= 4 is 11.8 Å². The molecule has 2 aliphatic rings. The number of amides is 2. The molecule has 4 heterocycles. The highest BCUT2D eigenvalue weighted by Crippen LogP contribution is 2.27. The third kappa shape index (κ3) is 2.81. The van der Waals surface area contributed by atoms with E-state index in [-0.39, 0.29) is 17.9 Å².